The average Bonchev–Trinajstić information content (AvgIpc) is 2.76. The zero-order valence-electron chi connectivity index (χ0n) is 12.0. The van der Waals surface area contributed by atoms with Crippen LogP contribution in [-0.4, -0.2) is 44.9 Å². The van der Waals surface area contributed by atoms with E-state index in [0.29, 0.717) is 0 Å². The Morgan fingerprint density at radius 2 is 2.10 bits per heavy atom. The molecule has 116 valence electrons. The van der Waals surface area contributed by atoms with Crippen molar-refractivity contribution in [3.63, 3.8) is 0 Å². The number of fused-ring (bicyclic) bond motifs is 1. The zero-order chi connectivity index (χ0) is 15.4. The molecule has 0 aliphatic carbocycles. The van der Waals surface area contributed by atoms with Gasteiger partial charge in [-0.2, -0.15) is 0 Å². The van der Waals surface area contributed by atoms with Gasteiger partial charge in [0.05, 0.1) is 6.61 Å². The predicted molar refractivity (Wildman–Crippen MR) is 70.8 cm³/mol. The second-order valence-electron chi connectivity index (χ2n) is 5.94. The molecule has 0 bridgehead atoms. The van der Waals surface area contributed by atoms with Gasteiger partial charge in [-0.25, -0.2) is 4.79 Å². The van der Waals surface area contributed by atoms with E-state index >= 15 is 0 Å². The Labute approximate surface area is 120 Å². The van der Waals surface area contributed by atoms with Crippen molar-refractivity contribution >= 4 is 0 Å². The number of aromatic amines is 1. The molecule has 3 heterocycles. The van der Waals surface area contributed by atoms with Gasteiger partial charge in [0.25, 0.3) is 5.56 Å². The first-order chi connectivity index (χ1) is 9.77. The lowest BCUT2D eigenvalue weighted by Crippen LogP contribution is -2.45. The van der Waals surface area contributed by atoms with Gasteiger partial charge in [-0.1, -0.05) is 0 Å². The third-order valence-corrected chi connectivity index (χ3v) is 3.93. The fourth-order valence-corrected chi connectivity index (χ4v) is 3.06. The summed E-state index contributed by atoms with van der Waals surface area (Å²) < 4.78 is 18.7. The predicted octanol–water partition coefficient (Wildman–Crippen LogP) is -0.663. The van der Waals surface area contributed by atoms with Crippen molar-refractivity contribution in [2.24, 2.45) is 0 Å². The summed E-state index contributed by atoms with van der Waals surface area (Å²) in [6.07, 6.45) is -0.639. The van der Waals surface area contributed by atoms with Crippen LogP contribution in [0, 0.1) is 0 Å². The van der Waals surface area contributed by atoms with Gasteiger partial charge in [0.1, 0.15) is 17.8 Å². The molecule has 1 aromatic heterocycles. The molecule has 2 saturated heterocycles. The minimum Gasteiger partial charge on any atom is -0.394 e. The van der Waals surface area contributed by atoms with Crippen molar-refractivity contribution in [2.75, 3.05) is 6.61 Å². The number of aliphatic hydroxyl groups excluding tert-OH is 1. The molecule has 0 saturated carbocycles. The highest BCUT2D eigenvalue weighted by atomic mass is 16.8. The fourth-order valence-electron chi connectivity index (χ4n) is 3.06. The fraction of sp³-hybridized carbons (Fsp3) is 0.692. The monoisotopic (exact) mass is 298 g/mol. The van der Waals surface area contributed by atoms with Crippen LogP contribution in [0.3, 0.4) is 0 Å². The van der Waals surface area contributed by atoms with Gasteiger partial charge >= 0.3 is 5.69 Å². The molecule has 2 N–H and O–H groups in total. The van der Waals surface area contributed by atoms with Crippen LogP contribution in [0.25, 0.3) is 0 Å². The smallest absolute Gasteiger partial charge is 0.330 e. The first kappa shape index (κ1) is 14.5. The SMILES string of the molecule is CC1(C)O[C@H]2[C@H](n3ccc(=O)[nH]c3=O)O[C@H](CO)[C@]2(C)O1. The van der Waals surface area contributed by atoms with E-state index in [0.717, 1.165) is 0 Å². The number of H-pyrrole nitrogens is 1. The van der Waals surface area contributed by atoms with Crippen LogP contribution in [0.1, 0.15) is 27.0 Å². The number of hydrogen-bond acceptors (Lipinski definition) is 6. The largest absolute Gasteiger partial charge is 0.394 e. The molecule has 2 aliphatic heterocycles. The van der Waals surface area contributed by atoms with Crippen LogP contribution in [-0.2, 0) is 14.2 Å². The van der Waals surface area contributed by atoms with E-state index in [1.54, 1.807) is 20.8 Å². The van der Waals surface area contributed by atoms with Crippen molar-refractivity contribution in [2.45, 2.75) is 50.6 Å². The molecule has 0 spiro atoms. The molecule has 2 aliphatic rings. The summed E-state index contributed by atoms with van der Waals surface area (Å²) in [4.78, 5) is 25.3. The van der Waals surface area contributed by atoms with Crippen LogP contribution in [0.5, 0.6) is 0 Å². The highest BCUT2D eigenvalue weighted by Crippen LogP contribution is 2.49. The van der Waals surface area contributed by atoms with Crippen molar-refractivity contribution in [1.82, 2.24) is 9.55 Å². The minimum absolute atomic E-state index is 0.263. The molecule has 2 fully saturated rings. The van der Waals surface area contributed by atoms with Gasteiger partial charge in [-0.05, 0) is 20.8 Å². The normalized spacial score (nSPS) is 37.6. The third-order valence-electron chi connectivity index (χ3n) is 3.93. The molecule has 21 heavy (non-hydrogen) atoms. The van der Waals surface area contributed by atoms with Crippen molar-refractivity contribution in [3.8, 4) is 0 Å². The molecule has 0 unspecified atom stereocenters. The zero-order valence-corrected chi connectivity index (χ0v) is 12.0. The molecule has 0 aromatic carbocycles. The summed E-state index contributed by atoms with van der Waals surface area (Å²) in [6.45, 7) is 5.04. The Balaban J connectivity index is 2.05. The molecule has 8 heteroatoms. The van der Waals surface area contributed by atoms with E-state index in [9.17, 15) is 14.7 Å². The van der Waals surface area contributed by atoms with Crippen molar-refractivity contribution in [1.29, 1.82) is 0 Å². The Morgan fingerprint density at radius 3 is 2.71 bits per heavy atom. The number of hydrogen-bond donors (Lipinski definition) is 2. The Morgan fingerprint density at radius 1 is 1.38 bits per heavy atom. The van der Waals surface area contributed by atoms with Gasteiger partial charge in [0.15, 0.2) is 12.0 Å². The number of aliphatic hydroxyl groups is 1. The quantitative estimate of drug-likeness (QED) is 0.751. The first-order valence-electron chi connectivity index (χ1n) is 6.72. The lowest BCUT2D eigenvalue weighted by molar-refractivity contribution is -0.214. The molecule has 3 rings (SSSR count). The number of aromatic nitrogens is 2. The summed E-state index contributed by atoms with van der Waals surface area (Å²) >= 11 is 0. The lowest BCUT2D eigenvalue weighted by atomic mass is 9.95. The van der Waals surface area contributed by atoms with Crippen molar-refractivity contribution < 1.29 is 19.3 Å². The second kappa shape index (κ2) is 4.51. The third kappa shape index (κ3) is 2.15. The summed E-state index contributed by atoms with van der Waals surface area (Å²) in [5.41, 5.74) is -1.96. The molecular weight excluding hydrogens is 280 g/mol. The van der Waals surface area contributed by atoms with Crippen LogP contribution in [0.2, 0.25) is 0 Å². The van der Waals surface area contributed by atoms with Gasteiger partial charge in [-0.15, -0.1) is 0 Å². The van der Waals surface area contributed by atoms with Crippen LogP contribution in [0.15, 0.2) is 21.9 Å². The summed E-state index contributed by atoms with van der Waals surface area (Å²) in [5, 5.41) is 9.52. The van der Waals surface area contributed by atoms with E-state index < -0.39 is 41.1 Å². The lowest BCUT2D eigenvalue weighted by Gasteiger charge is -2.28. The standard InChI is InChI=1S/C13H18N2O6/c1-12(2)20-9-10(15-5-4-8(17)14-11(15)18)19-7(6-16)13(9,3)21-12/h4-5,7,9-10,16H,6H2,1-3H3,(H,14,17,18)/t7-,9+,10-,13+/m1/s1. The number of nitrogens with one attached hydrogen (secondary N) is 1. The molecule has 8 nitrogen and oxygen atoms in total. The number of rotatable bonds is 2. The molecule has 0 radical (unpaired) electrons. The maximum absolute atomic E-state index is 11.9. The van der Waals surface area contributed by atoms with Crippen LogP contribution >= 0.6 is 0 Å². The maximum atomic E-state index is 11.9. The van der Waals surface area contributed by atoms with E-state index in [-0.39, 0.29) is 6.61 Å². The summed E-state index contributed by atoms with van der Waals surface area (Å²) in [7, 11) is 0. The average molecular weight is 298 g/mol. The molecule has 0 amide bonds. The Bertz CT molecular complexity index is 665. The van der Waals surface area contributed by atoms with Crippen molar-refractivity contribution in [3.05, 3.63) is 33.1 Å². The molecular formula is C13H18N2O6. The number of nitrogens with zero attached hydrogens (tertiary/aromatic N) is 1. The summed E-state index contributed by atoms with van der Waals surface area (Å²) in [5.74, 6) is -0.847. The Hall–Kier alpha value is -1.48. The topological polar surface area (TPSA) is 103 Å². The minimum atomic E-state index is -0.876. The van der Waals surface area contributed by atoms with Gasteiger partial charge in [0.2, 0.25) is 0 Å². The van der Waals surface area contributed by atoms with E-state index in [2.05, 4.69) is 4.98 Å². The van der Waals surface area contributed by atoms with E-state index in [1.807, 2.05) is 0 Å². The van der Waals surface area contributed by atoms with E-state index in [4.69, 9.17) is 14.2 Å². The Kier molecular flexibility index (Phi) is 3.10. The van der Waals surface area contributed by atoms with Gasteiger partial charge < -0.3 is 19.3 Å². The van der Waals surface area contributed by atoms with Crippen LogP contribution in [0.4, 0.5) is 0 Å². The summed E-state index contributed by atoms with van der Waals surface area (Å²) in [6, 6.07) is 1.23. The highest BCUT2D eigenvalue weighted by Gasteiger charge is 2.63. The van der Waals surface area contributed by atoms with Gasteiger partial charge in [0, 0.05) is 12.3 Å². The molecule has 1 aromatic rings. The van der Waals surface area contributed by atoms with Gasteiger partial charge in [-0.3, -0.25) is 14.3 Å². The number of ether oxygens (including phenoxy) is 3. The second-order valence-corrected chi connectivity index (χ2v) is 5.94. The highest BCUT2D eigenvalue weighted by molar-refractivity contribution is 5.07. The van der Waals surface area contributed by atoms with Crippen LogP contribution < -0.4 is 11.2 Å². The van der Waals surface area contributed by atoms with E-state index in [1.165, 1.54) is 16.8 Å². The molecule has 4 atom stereocenters. The maximum Gasteiger partial charge on any atom is 0.330 e. The first-order valence-corrected chi connectivity index (χ1v) is 6.72.